The maximum atomic E-state index is 12.1. The third-order valence-electron chi connectivity index (χ3n) is 4.19. The fourth-order valence-corrected chi connectivity index (χ4v) is 2.82. The van der Waals surface area contributed by atoms with E-state index in [4.69, 9.17) is 9.15 Å². The number of carbonyl (C=O) groups excluding carboxylic acids is 1. The van der Waals surface area contributed by atoms with Crippen molar-refractivity contribution in [1.82, 2.24) is 15.1 Å². The molecular weight excluding hydrogens is 270 g/mol. The van der Waals surface area contributed by atoms with Crippen molar-refractivity contribution in [2.24, 2.45) is 5.92 Å². The summed E-state index contributed by atoms with van der Waals surface area (Å²) in [5, 5.41) is 3.02. The lowest BCUT2D eigenvalue weighted by Crippen LogP contribution is -2.52. The predicted molar refractivity (Wildman–Crippen MR) is 77.9 cm³/mol. The number of hydrogen-bond donors (Lipinski definition) is 1. The van der Waals surface area contributed by atoms with Gasteiger partial charge in [-0.3, -0.25) is 4.90 Å². The highest BCUT2D eigenvalue weighted by molar-refractivity contribution is 5.74. The Morgan fingerprint density at radius 1 is 1.33 bits per heavy atom. The number of nitrogens with zero attached hydrogens (tertiary/aromatic N) is 2. The van der Waals surface area contributed by atoms with E-state index in [1.54, 1.807) is 6.26 Å². The Morgan fingerprint density at radius 3 is 2.86 bits per heavy atom. The van der Waals surface area contributed by atoms with Gasteiger partial charge in [-0.25, -0.2) is 4.79 Å². The van der Waals surface area contributed by atoms with Crippen LogP contribution in [0.5, 0.6) is 0 Å². The van der Waals surface area contributed by atoms with Crippen molar-refractivity contribution < 1.29 is 13.9 Å². The number of amides is 2. The van der Waals surface area contributed by atoms with Gasteiger partial charge in [0.05, 0.1) is 19.4 Å². The predicted octanol–water partition coefficient (Wildman–Crippen LogP) is 1.14. The van der Waals surface area contributed by atoms with Crippen molar-refractivity contribution in [2.75, 3.05) is 45.9 Å². The molecule has 0 unspecified atom stereocenters. The molecule has 6 nitrogen and oxygen atoms in total. The molecule has 3 heterocycles. The zero-order valence-corrected chi connectivity index (χ0v) is 12.3. The van der Waals surface area contributed by atoms with Crippen molar-refractivity contribution in [1.29, 1.82) is 0 Å². The minimum absolute atomic E-state index is 0.0551. The van der Waals surface area contributed by atoms with E-state index in [2.05, 4.69) is 10.2 Å². The van der Waals surface area contributed by atoms with E-state index < -0.39 is 0 Å². The fourth-order valence-electron chi connectivity index (χ4n) is 2.82. The molecule has 0 aliphatic carbocycles. The largest absolute Gasteiger partial charge is 0.468 e. The van der Waals surface area contributed by atoms with Crippen molar-refractivity contribution in [2.45, 2.75) is 13.0 Å². The molecule has 2 fully saturated rings. The summed E-state index contributed by atoms with van der Waals surface area (Å²) in [6, 6.07) is 3.95. The number of nitrogens with one attached hydrogen (secondary N) is 1. The number of furan rings is 1. The van der Waals surface area contributed by atoms with Crippen LogP contribution in [0.2, 0.25) is 0 Å². The van der Waals surface area contributed by atoms with Crippen LogP contribution in [0.25, 0.3) is 0 Å². The lowest BCUT2D eigenvalue weighted by Gasteiger charge is -2.34. The highest BCUT2D eigenvalue weighted by Gasteiger charge is 2.23. The second-order valence-electron chi connectivity index (χ2n) is 5.76. The van der Waals surface area contributed by atoms with E-state index in [9.17, 15) is 4.79 Å². The van der Waals surface area contributed by atoms with Gasteiger partial charge in [-0.1, -0.05) is 0 Å². The van der Waals surface area contributed by atoms with Crippen LogP contribution in [0.4, 0.5) is 4.79 Å². The molecule has 0 bridgehead atoms. The van der Waals surface area contributed by atoms with Gasteiger partial charge in [0.15, 0.2) is 0 Å². The summed E-state index contributed by atoms with van der Waals surface area (Å²) in [6.45, 7) is 6.47. The zero-order chi connectivity index (χ0) is 14.5. The minimum Gasteiger partial charge on any atom is -0.468 e. The number of rotatable bonds is 4. The third-order valence-corrected chi connectivity index (χ3v) is 4.19. The lowest BCUT2D eigenvalue weighted by molar-refractivity contribution is 0.129. The fraction of sp³-hybridized carbons (Fsp3) is 0.667. The molecule has 0 aromatic carbocycles. The first-order chi connectivity index (χ1) is 10.3. The van der Waals surface area contributed by atoms with Crippen LogP contribution < -0.4 is 5.32 Å². The number of urea groups is 1. The number of ether oxygens (including phenoxy) is 1. The van der Waals surface area contributed by atoms with Crippen LogP contribution >= 0.6 is 0 Å². The van der Waals surface area contributed by atoms with Crippen LogP contribution in [0.1, 0.15) is 12.2 Å². The third kappa shape index (κ3) is 3.98. The average Bonchev–Trinajstić information content (AvgIpc) is 3.19. The first-order valence-electron chi connectivity index (χ1n) is 7.66. The summed E-state index contributed by atoms with van der Waals surface area (Å²) in [6.07, 6.45) is 2.75. The molecule has 2 aliphatic rings. The Kier molecular flexibility index (Phi) is 4.77. The number of carbonyl (C=O) groups is 1. The summed E-state index contributed by atoms with van der Waals surface area (Å²) < 4.78 is 10.7. The molecule has 2 aliphatic heterocycles. The second-order valence-corrected chi connectivity index (χ2v) is 5.76. The standard InChI is InChI=1S/C15H23N3O3/c19-15(16-10-13-3-9-20-12-13)18-6-4-17(5-7-18)11-14-2-1-8-21-14/h1-2,8,13H,3-7,9-12H2,(H,16,19)/t13-/m0/s1. The Labute approximate surface area is 125 Å². The van der Waals surface area contributed by atoms with Crippen LogP contribution in [0.15, 0.2) is 22.8 Å². The van der Waals surface area contributed by atoms with Crippen LogP contribution in [-0.2, 0) is 11.3 Å². The van der Waals surface area contributed by atoms with E-state index in [1.165, 1.54) is 0 Å². The van der Waals surface area contributed by atoms with Gasteiger partial charge in [-0.05, 0) is 18.6 Å². The van der Waals surface area contributed by atoms with E-state index in [1.807, 2.05) is 17.0 Å². The molecule has 1 N–H and O–H groups in total. The Balaban J connectivity index is 1.37. The molecule has 0 spiro atoms. The maximum Gasteiger partial charge on any atom is 0.317 e. The summed E-state index contributed by atoms with van der Waals surface area (Å²) in [7, 11) is 0. The van der Waals surface area contributed by atoms with Gasteiger partial charge in [-0.15, -0.1) is 0 Å². The molecule has 0 radical (unpaired) electrons. The Bertz CT molecular complexity index is 435. The molecule has 116 valence electrons. The quantitative estimate of drug-likeness (QED) is 0.904. The molecule has 21 heavy (non-hydrogen) atoms. The Morgan fingerprint density at radius 2 is 2.19 bits per heavy atom. The molecule has 3 rings (SSSR count). The minimum atomic E-state index is 0.0551. The molecular formula is C15H23N3O3. The van der Waals surface area contributed by atoms with E-state index in [0.717, 1.165) is 64.7 Å². The topological polar surface area (TPSA) is 58.0 Å². The summed E-state index contributed by atoms with van der Waals surface area (Å²) in [4.78, 5) is 16.3. The SMILES string of the molecule is O=C(NC[C@@H]1CCOC1)N1CCN(Cc2ccco2)CC1. The highest BCUT2D eigenvalue weighted by Crippen LogP contribution is 2.12. The molecule has 2 amide bonds. The van der Waals surface area contributed by atoms with E-state index >= 15 is 0 Å². The summed E-state index contributed by atoms with van der Waals surface area (Å²) >= 11 is 0. The average molecular weight is 293 g/mol. The van der Waals surface area contributed by atoms with Gasteiger partial charge in [0.1, 0.15) is 5.76 Å². The van der Waals surface area contributed by atoms with Crippen LogP contribution in [0, 0.1) is 5.92 Å². The van der Waals surface area contributed by atoms with E-state index in [0.29, 0.717) is 5.92 Å². The lowest BCUT2D eigenvalue weighted by atomic mass is 10.1. The molecule has 1 aromatic rings. The molecule has 6 heteroatoms. The van der Waals surface area contributed by atoms with Crippen molar-refractivity contribution >= 4 is 6.03 Å². The van der Waals surface area contributed by atoms with Gasteiger partial charge >= 0.3 is 6.03 Å². The normalized spacial score (nSPS) is 23.4. The molecule has 1 aromatic heterocycles. The summed E-state index contributed by atoms with van der Waals surface area (Å²) in [5.74, 6) is 1.46. The Hall–Kier alpha value is -1.53. The first-order valence-corrected chi connectivity index (χ1v) is 7.66. The second kappa shape index (κ2) is 6.95. The van der Waals surface area contributed by atoms with Gasteiger partial charge in [0.2, 0.25) is 0 Å². The van der Waals surface area contributed by atoms with Crippen molar-refractivity contribution in [3.63, 3.8) is 0 Å². The molecule has 0 saturated carbocycles. The van der Waals surface area contributed by atoms with Gasteiger partial charge in [0.25, 0.3) is 0 Å². The van der Waals surface area contributed by atoms with Gasteiger partial charge in [-0.2, -0.15) is 0 Å². The van der Waals surface area contributed by atoms with Crippen molar-refractivity contribution in [3.8, 4) is 0 Å². The zero-order valence-electron chi connectivity index (χ0n) is 12.3. The molecule has 2 saturated heterocycles. The van der Waals surface area contributed by atoms with Crippen LogP contribution in [-0.4, -0.2) is 61.8 Å². The monoisotopic (exact) mass is 293 g/mol. The summed E-state index contributed by atoms with van der Waals surface area (Å²) in [5.41, 5.74) is 0. The van der Waals surface area contributed by atoms with Gasteiger partial charge in [0, 0.05) is 45.2 Å². The number of hydrogen-bond acceptors (Lipinski definition) is 4. The maximum absolute atomic E-state index is 12.1. The van der Waals surface area contributed by atoms with Crippen molar-refractivity contribution in [3.05, 3.63) is 24.2 Å². The smallest absolute Gasteiger partial charge is 0.317 e. The van der Waals surface area contributed by atoms with Gasteiger partial charge < -0.3 is 19.4 Å². The van der Waals surface area contributed by atoms with Crippen LogP contribution in [0.3, 0.4) is 0 Å². The molecule has 1 atom stereocenters. The first kappa shape index (κ1) is 14.4. The highest BCUT2D eigenvalue weighted by atomic mass is 16.5. The van der Waals surface area contributed by atoms with E-state index in [-0.39, 0.29) is 6.03 Å². The number of piperazine rings is 1.